The maximum atomic E-state index is 12.4. The fourth-order valence-corrected chi connectivity index (χ4v) is 2.48. The third-order valence-electron chi connectivity index (χ3n) is 3.89. The van der Waals surface area contributed by atoms with E-state index in [4.69, 9.17) is 13.9 Å². The summed E-state index contributed by atoms with van der Waals surface area (Å²) in [4.78, 5) is 36.0. The SMILES string of the molecule is CCCOc1ccc2cc(C(=O)Oc3ccc(C(=O)OC)cc3)c(=O)oc2c1. The van der Waals surface area contributed by atoms with Crippen LogP contribution in [0, 0.1) is 0 Å². The third kappa shape index (κ3) is 4.20. The van der Waals surface area contributed by atoms with E-state index in [1.807, 2.05) is 6.92 Å². The summed E-state index contributed by atoms with van der Waals surface area (Å²) in [5.41, 5.74) is -0.408. The predicted octanol–water partition coefficient (Wildman–Crippen LogP) is 3.59. The Balaban J connectivity index is 1.82. The molecule has 0 aliphatic carbocycles. The molecule has 7 heteroatoms. The van der Waals surface area contributed by atoms with Crippen molar-refractivity contribution in [2.45, 2.75) is 13.3 Å². The molecule has 3 rings (SSSR count). The van der Waals surface area contributed by atoms with Gasteiger partial charge in [-0.05, 0) is 48.9 Å². The van der Waals surface area contributed by atoms with Gasteiger partial charge in [0.25, 0.3) is 0 Å². The lowest BCUT2D eigenvalue weighted by Gasteiger charge is -2.07. The fraction of sp³-hybridized carbons (Fsp3) is 0.190. The number of ether oxygens (including phenoxy) is 3. The first-order valence-electron chi connectivity index (χ1n) is 8.63. The Morgan fingerprint density at radius 1 is 0.964 bits per heavy atom. The Morgan fingerprint density at radius 3 is 2.36 bits per heavy atom. The highest BCUT2D eigenvalue weighted by Gasteiger charge is 2.17. The van der Waals surface area contributed by atoms with Gasteiger partial charge < -0.3 is 18.6 Å². The van der Waals surface area contributed by atoms with E-state index in [0.717, 1.165) is 6.42 Å². The molecule has 7 nitrogen and oxygen atoms in total. The van der Waals surface area contributed by atoms with E-state index in [2.05, 4.69) is 4.74 Å². The van der Waals surface area contributed by atoms with Gasteiger partial charge in [-0.15, -0.1) is 0 Å². The summed E-state index contributed by atoms with van der Waals surface area (Å²) < 4.78 is 20.6. The lowest BCUT2D eigenvalue weighted by Crippen LogP contribution is -2.18. The highest BCUT2D eigenvalue weighted by Crippen LogP contribution is 2.21. The van der Waals surface area contributed by atoms with Crippen molar-refractivity contribution in [3.8, 4) is 11.5 Å². The maximum Gasteiger partial charge on any atom is 0.351 e. The fourth-order valence-electron chi connectivity index (χ4n) is 2.48. The van der Waals surface area contributed by atoms with E-state index < -0.39 is 17.6 Å². The summed E-state index contributed by atoms with van der Waals surface area (Å²) in [6.45, 7) is 2.54. The molecule has 0 aliphatic heterocycles. The Hall–Kier alpha value is -3.61. The average molecular weight is 382 g/mol. The number of benzene rings is 2. The zero-order valence-corrected chi connectivity index (χ0v) is 15.4. The summed E-state index contributed by atoms with van der Waals surface area (Å²) in [5, 5.41) is 0.566. The summed E-state index contributed by atoms with van der Waals surface area (Å²) in [6, 6.07) is 12.2. The van der Waals surface area contributed by atoms with Crippen LogP contribution in [0.2, 0.25) is 0 Å². The topological polar surface area (TPSA) is 92.0 Å². The first kappa shape index (κ1) is 19.2. The van der Waals surface area contributed by atoms with Gasteiger partial charge in [-0.1, -0.05) is 6.92 Å². The molecular formula is C21H18O7. The molecule has 0 fully saturated rings. The van der Waals surface area contributed by atoms with Gasteiger partial charge in [-0.2, -0.15) is 0 Å². The van der Waals surface area contributed by atoms with Crippen molar-refractivity contribution in [2.75, 3.05) is 13.7 Å². The minimum absolute atomic E-state index is 0.181. The maximum absolute atomic E-state index is 12.4. The van der Waals surface area contributed by atoms with Gasteiger partial charge in [-0.25, -0.2) is 14.4 Å². The second-order valence-corrected chi connectivity index (χ2v) is 5.90. The van der Waals surface area contributed by atoms with Crippen LogP contribution in [0.5, 0.6) is 11.5 Å². The van der Waals surface area contributed by atoms with Crippen LogP contribution < -0.4 is 15.1 Å². The Labute approximate surface area is 160 Å². The zero-order valence-electron chi connectivity index (χ0n) is 15.4. The Kier molecular flexibility index (Phi) is 5.74. The van der Waals surface area contributed by atoms with Gasteiger partial charge in [0, 0.05) is 11.5 Å². The van der Waals surface area contributed by atoms with E-state index in [0.29, 0.717) is 28.9 Å². The van der Waals surface area contributed by atoms with Gasteiger partial charge in [-0.3, -0.25) is 0 Å². The van der Waals surface area contributed by atoms with E-state index in [1.54, 1.807) is 18.2 Å². The highest BCUT2D eigenvalue weighted by molar-refractivity contribution is 5.94. The van der Waals surface area contributed by atoms with E-state index in [1.165, 1.54) is 37.4 Å². The molecule has 144 valence electrons. The van der Waals surface area contributed by atoms with Crippen LogP contribution in [0.3, 0.4) is 0 Å². The number of fused-ring (bicyclic) bond motifs is 1. The van der Waals surface area contributed by atoms with Crippen LogP contribution in [0.15, 0.2) is 57.7 Å². The minimum atomic E-state index is -0.854. The number of esters is 2. The molecule has 0 saturated heterocycles. The molecule has 1 heterocycles. The normalized spacial score (nSPS) is 10.5. The largest absolute Gasteiger partial charge is 0.493 e. The van der Waals surface area contributed by atoms with Crippen LogP contribution in [0.25, 0.3) is 11.0 Å². The smallest absolute Gasteiger partial charge is 0.351 e. The van der Waals surface area contributed by atoms with Crippen molar-refractivity contribution in [2.24, 2.45) is 0 Å². The average Bonchev–Trinajstić information content (AvgIpc) is 2.71. The third-order valence-corrected chi connectivity index (χ3v) is 3.89. The molecule has 0 atom stereocenters. The summed E-state index contributed by atoms with van der Waals surface area (Å²) in [5.74, 6) is -0.595. The summed E-state index contributed by atoms with van der Waals surface area (Å²) in [7, 11) is 1.27. The highest BCUT2D eigenvalue weighted by atomic mass is 16.5. The van der Waals surface area contributed by atoms with Crippen molar-refractivity contribution in [3.05, 3.63) is 70.1 Å². The van der Waals surface area contributed by atoms with Gasteiger partial charge >= 0.3 is 17.6 Å². The molecular weight excluding hydrogens is 364 g/mol. The van der Waals surface area contributed by atoms with Crippen molar-refractivity contribution in [1.82, 2.24) is 0 Å². The Morgan fingerprint density at radius 2 is 1.68 bits per heavy atom. The molecule has 1 aromatic heterocycles. The molecule has 28 heavy (non-hydrogen) atoms. The minimum Gasteiger partial charge on any atom is -0.493 e. The first-order chi connectivity index (χ1) is 13.5. The molecule has 0 saturated carbocycles. The molecule has 0 amide bonds. The molecule has 0 radical (unpaired) electrons. The van der Waals surface area contributed by atoms with Crippen molar-refractivity contribution in [3.63, 3.8) is 0 Å². The van der Waals surface area contributed by atoms with Gasteiger partial charge in [0.15, 0.2) is 0 Å². The number of hydrogen-bond acceptors (Lipinski definition) is 7. The van der Waals surface area contributed by atoms with Gasteiger partial charge in [0.2, 0.25) is 0 Å². The van der Waals surface area contributed by atoms with Crippen LogP contribution >= 0.6 is 0 Å². The summed E-state index contributed by atoms with van der Waals surface area (Å²) in [6.07, 6.45) is 0.855. The number of hydrogen-bond donors (Lipinski definition) is 0. The van der Waals surface area contributed by atoms with Crippen LogP contribution in [-0.4, -0.2) is 25.7 Å². The predicted molar refractivity (Wildman–Crippen MR) is 101 cm³/mol. The molecule has 2 aromatic carbocycles. The Bertz CT molecular complexity index is 1060. The molecule has 0 N–H and O–H groups in total. The lowest BCUT2D eigenvalue weighted by molar-refractivity contribution is 0.0600. The second kappa shape index (κ2) is 8.39. The second-order valence-electron chi connectivity index (χ2n) is 5.90. The van der Waals surface area contributed by atoms with Gasteiger partial charge in [0.1, 0.15) is 22.6 Å². The number of carbonyl (C=O) groups is 2. The van der Waals surface area contributed by atoms with Crippen molar-refractivity contribution in [1.29, 1.82) is 0 Å². The van der Waals surface area contributed by atoms with Gasteiger partial charge in [0.05, 0.1) is 19.3 Å². The van der Waals surface area contributed by atoms with Crippen LogP contribution in [0.4, 0.5) is 0 Å². The van der Waals surface area contributed by atoms with Crippen LogP contribution in [0.1, 0.15) is 34.1 Å². The molecule has 3 aromatic rings. The zero-order chi connectivity index (χ0) is 20.1. The molecule has 0 spiro atoms. The lowest BCUT2D eigenvalue weighted by atomic mass is 10.2. The van der Waals surface area contributed by atoms with Crippen molar-refractivity contribution >= 4 is 22.9 Å². The van der Waals surface area contributed by atoms with Crippen LogP contribution in [-0.2, 0) is 4.74 Å². The monoisotopic (exact) mass is 382 g/mol. The van der Waals surface area contributed by atoms with E-state index >= 15 is 0 Å². The number of carbonyl (C=O) groups excluding carboxylic acids is 2. The van der Waals surface area contributed by atoms with E-state index in [9.17, 15) is 14.4 Å². The van der Waals surface area contributed by atoms with Crippen molar-refractivity contribution < 1.29 is 28.2 Å². The first-order valence-corrected chi connectivity index (χ1v) is 8.63. The van der Waals surface area contributed by atoms with E-state index in [-0.39, 0.29) is 11.3 Å². The molecule has 0 bridgehead atoms. The molecule has 0 unspecified atom stereocenters. The number of methoxy groups -OCH3 is 1. The number of rotatable bonds is 6. The molecule has 0 aliphatic rings. The standard InChI is InChI=1S/C21H18O7/c1-3-10-26-16-9-6-14-11-17(21(24)28-18(14)12-16)20(23)27-15-7-4-13(5-8-15)19(22)25-2/h4-9,11-12H,3,10H2,1-2H3. The quantitative estimate of drug-likeness (QED) is 0.365. The summed E-state index contributed by atoms with van der Waals surface area (Å²) >= 11 is 0.